The molecule has 5 aromatic rings. The summed E-state index contributed by atoms with van der Waals surface area (Å²) in [7, 11) is -1.32. The van der Waals surface area contributed by atoms with Gasteiger partial charge in [0.05, 0.1) is 27.9 Å². The highest BCUT2D eigenvalue weighted by Gasteiger charge is 2.31. The van der Waals surface area contributed by atoms with Gasteiger partial charge in [0.1, 0.15) is 12.3 Å². The van der Waals surface area contributed by atoms with Crippen LogP contribution in [-0.2, 0) is 22.7 Å². The second kappa shape index (κ2) is 16.1. The van der Waals surface area contributed by atoms with E-state index in [0.29, 0.717) is 44.1 Å². The van der Waals surface area contributed by atoms with Gasteiger partial charge < -0.3 is 24.6 Å². The summed E-state index contributed by atoms with van der Waals surface area (Å²) in [5.74, 6) is 0.128. The molecule has 0 spiro atoms. The maximum atomic E-state index is 14.1. The van der Waals surface area contributed by atoms with E-state index in [1.165, 1.54) is 31.5 Å². The Morgan fingerprint density at radius 1 is 0.855 bits per heavy atom. The highest BCUT2D eigenvalue weighted by molar-refractivity contribution is 6.76. The first-order valence-corrected chi connectivity index (χ1v) is 23.2. The number of hydrogen-bond donors (Lipinski definition) is 1. The lowest BCUT2D eigenvalue weighted by molar-refractivity contribution is 0.0136. The molecule has 2 aliphatic heterocycles. The fraction of sp³-hybridized carbons (Fsp3) is 0.452. The number of nitrogens with zero attached hydrogens (tertiary/aromatic N) is 7. The molecule has 2 aromatic carbocycles. The summed E-state index contributed by atoms with van der Waals surface area (Å²) in [5, 5.41) is 4.55. The van der Waals surface area contributed by atoms with Crippen molar-refractivity contribution in [3.63, 3.8) is 0 Å². The van der Waals surface area contributed by atoms with E-state index >= 15 is 0 Å². The normalized spacial score (nSPS) is 15.6. The van der Waals surface area contributed by atoms with Gasteiger partial charge in [0.2, 0.25) is 5.82 Å². The number of rotatable bonds is 11. The monoisotopic (exact) mass is 762 g/mol. The number of fused-ring (bicyclic) bond motifs is 2. The van der Waals surface area contributed by atoms with Gasteiger partial charge in [-0.25, -0.2) is 14.8 Å². The number of hydrogen-bond acceptors (Lipinski definition) is 9. The van der Waals surface area contributed by atoms with E-state index in [4.69, 9.17) is 19.4 Å². The molecule has 0 radical (unpaired) electrons. The third-order valence-electron chi connectivity index (χ3n) is 10.1. The van der Waals surface area contributed by atoms with E-state index in [1.54, 1.807) is 16.0 Å². The zero-order valence-electron chi connectivity index (χ0n) is 33.1. The van der Waals surface area contributed by atoms with Crippen molar-refractivity contribution in [3.8, 4) is 11.3 Å². The minimum Gasteiger partial charge on any atom is -0.444 e. The lowest BCUT2D eigenvalue weighted by atomic mass is 10.1. The number of aromatic nitrogens is 4. The van der Waals surface area contributed by atoms with Crippen LogP contribution < -0.4 is 5.32 Å². The second-order valence-corrected chi connectivity index (χ2v) is 22.5. The van der Waals surface area contributed by atoms with Crippen LogP contribution in [-0.4, -0.2) is 106 Å². The van der Waals surface area contributed by atoms with Crippen molar-refractivity contribution < 1.29 is 19.1 Å². The Bertz CT molecular complexity index is 2140. The summed E-state index contributed by atoms with van der Waals surface area (Å²) in [6.45, 7) is 18.2. The van der Waals surface area contributed by atoms with Crippen molar-refractivity contribution in [3.05, 3.63) is 78.4 Å². The van der Waals surface area contributed by atoms with E-state index in [2.05, 4.69) is 65.2 Å². The molecule has 2 amide bonds. The molecular weight excluding hydrogens is 709 g/mol. The Morgan fingerprint density at radius 2 is 1.58 bits per heavy atom. The van der Waals surface area contributed by atoms with Crippen LogP contribution in [0.15, 0.2) is 67.0 Å². The number of pyridine rings is 2. The summed E-state index contributed by atoms with van der Waals surface area (Å²) in [5.41, 5.74) is 6.60. The number of anilines is 2. The zero-order valence-corrected chi connectivity index (χ0v) is 34.1. The van der Waals surface area contributed by atoms with E-state index < -0.39 is 13.7 Å². The maximum Gasteiger partial charge on any atom is 0.410 e. The summed E-state index contributed by atoms with van der Waals surface area (Å²) < 4.78 is 13.6. The molecule has 2 saturated heterocycles. The number of likely N-dealkylation sites (tertiary alicyclic amines) is 1. The number of piperazine rings is 1. The number of amides is 2. The van der Waals surface area contributed by atoms with Gasteiger partial charge in [-0.3, -0.25) is 19.2 Å². The molecule has 1 N–H and O–H groups in total. The molecule has 7 rings (SSSR count). The van der Waals surface area contributed by atoms with Crippen LogP contribution in [0.3, 0.4) is 0 Å². The van der Waals surface area contributed by atoms with E-state index in [0.717, 1.165) is 51.6 Å². The number of carbonyl (C=O) groups is 2. The van der Waals surface area contributed by atoms with Crippen molar-refractivity contribution in [2.75, 3.05) is 51.2 Å². The highest BCUT2D eigenvalue weighted by Crippen LogP contribution is 2.32. The molecular formula is C42H54N8O4Si. The van der Waals surface area contributed by atoms with Crippen molar-refractivity contribution in [2.45, 2.75) is 78.2 Å². The lowest BCUT2D eigenvalue weighted by Gasteiger charge is -2.35. The third-order valence-corrected chi connectivity index (χ3v) is 11.8. The van der Waals surface area contributed by atoms with E-state index in [-0.39, 0.29) is 18.7 Å². The molecule has 2 aliphatic rings. The average Bonchev–Trinajstić information content (AvgIpc) is 3.80. The first-order chi connectivity index (χ1) is 26.3. The minimum absolute atomic E-state index is 0.190. The molecule has 0 bridgehead atoms. The maximum absolute atomic E-state index is 14.1. The second-order valence-electron chi connectivity index (χ2n) is 16.9. The van der Waals surface area contributed by atoms with Crippen LogP contribution in [0.5, 0.6) is 0 Å². The van der Waals surface area contributed by atoms with E-state index in [9.17, 15) is 9.59 Å². The minimum atomic E-state index is -1.32. The lowest BCUT2D eigenvalue weighted by Crippen LogP contribution is -2.52. The van der Waals surface area contributed by atoms with Gasteiger partial charge in [-0.15, -0.1) is 0 Å². The van der Waals surface area contributed by atoms with Crippen molar-refractivity contribution >= 4 is 53.4 Å². The smallest absolute Gasteiger partial charge is 0.410 e. The van der Waals surface area contributed by atoms with Crippen molar-refractivity contribution in [1.82, 2.24) is 34.2 Å². The SMILES string of the molecule is CC(C)(C)OC(=O)N1CCN(C(=O)c2nc3cc(-c4cc(Nc5ccc(CN6CCCC6)cc5)c5cnccc5n4)ccc3n2COCC[Si](C)(C)C)CC1. The number of benzene rings is 2. The third kappa shape index (κ3) is 9.52. The molecule has 0 aliphatic carbocycles. The first kappa shape index (κ1) is 38.4. The Hall–Kier alpha value is -4.85. The molecule has 12 nitrogen and oxygen atoms in total. The van der Waals surface area contributed by atoms with Crippen LogP contribution in [0.25, 0.3) is 33.2 Å². The molecule has 0 atom stereocenters. The Labute approximate surface area is 324 Å². The van der Waals surface area contributed by atoms with Gasteiger partial charge >= 0.3 is 6.09 Å². The van der Waals surface area contributed by atoms with Crippen molar-refractivity contribution in [1.29, 1.82) is 0 Å². The average molecular weight is 763 g/mol. The molecule has 55 heavy (non-hydrogen) atoms. The summed E-state index contributed by atoms with van der Waals surface area (Å²) in [6.07, 6.45) is 5.80. The first-order valence-electron chi connectivity index (χ1n) is 19.5. The predicted molar refractivity (Wildman–Crippen MR) is 220 cm³/mol. The predicted octanol–water partition coefficient (Wildman–Crippen LogP) is 7.99. The summed E-state index contributed by atoms with van der Waals surface area (Å²) >= 11 is 0. The molecule has 13 heteroatoms. The Kier molecular flexibility index (Phi) is 11.2. The van der Waals surface area contributed by atoms with Gasteiger partial charge in [0.15, 0.2) is 0 Å². The fourth-order valence-electron chi connectivity index (χ4n) is 7.05. The van der Waals surface area contributed by atoms with Crippen LogP contribution in [0.2, 0.25) is 25.7 Å². The van der Waals surface area contributed by atoms with Crippen LogP contribution in [0.4, 0.5) is 16.2 Å². The van der Waals surface area contributed by atoms with Crippen LogP contribution >= 0.6 is 0 Å². The highest BCUT2D eigenvalue weighted by atomic mass is 28.3. The Balaban J connectivity index is 1.16. The van der Waals surface area contributed by atoms with E-state index in [1.807, 2.05) is 55.8 Å². The van der Waals surface area contributed by atoms with Gasteiger partial charge in [-0.2, -0.15) is 0 Å². The van der Waals surface area contributed by atoms with Crippen LogP contribution in [0, 0.1) is 0 Å². The molecule has 2 fully saturated rings. The number of nitrogens with one attached hydrogen (secondary N) is 1. The zero-order chi connectivity index (χ0) is 38.7. The number of carbonyl (C=O) groups excluding carboxylic acids is 2. The summed E-state index contributed by atoms with van der Waals surface area (Å²) in [6, 6.07) is 19.7. The Morgan fingerprint density at radius 3 is 2.29 bits per heavy atom. The quantitative estimate of drug-likeness (QED) is 0.106. The fourth-order valence-corrected chi connectivity index (χ4v) is 7.80. The standard InChI is InChI=1S/C42H54N8O4Si/c1-42(2,3)54-41(52)49-21-19-48(20-22-49)40(51)39-46-37-25-31(11-14-38(37)50(39)29-53-23-24-55(4,5)6)35-26-36(33-27-43-16-15-34(33)45-35)44-32-12-9-30(10-13-32)28-47-17-7-8-18-47/h9-16,25-27H,7-8,17-24,28-29H2,1-6H3,(H,44,45). The van der Waals surface area contributed by atoms with Gasteiger partial charge in [-0.05, 0) is 94.7 Å². The largest absolute Gasteiger partial charge is 0.444 e. The van der Waals surface area contributed by atoms with Gasteiger partial charge in [0, 0.05) is 76.4 Å². The summed E-state index contributed by atoms with van der Waals surface area (Å²) in [4.78, 5) is 47.1. The topological polar surface area (TPSA) is 118 Å². The molecule has 5 heterocycles. The number of imidazole rings is 1. The van der Waals surface area contributed by atoms with Crippen LogP contribution in [0.1, 0.15) is 49.8 Å². The number of ether oxygens (including phenoxy) is 2. The molecule has 0 saturated carbocycles. The van der Waals surface area contributed by atoms with Gasteiger partial charge in [0.25, 0.3) is 5.91 Å². The van der Waals surface area contributed by atoms with Crippen molar-refractivity contribution in [2.24, 2.45) is 0 Å². The molecule has 3 aromatic heterocycles. The molecule has 0 unspecified atom stereocenters. The van der Waals surface area contributed by atoms with Gasteiger partial charge in [-0.1, -0.05) is 37.8 Å². The molecule has 290 valence electrons.